The number of nitrogens with one attached hydrogen (secondary N) is 2. The fraction of sp³-hybridized carbons (Fsp3) is 0.154. The van der Waals surface area contributed by atoms with E-state index in [1.807, 2.05) is 37.3 Å². The zero-order chi connectivity index (χ0) is 12.5. The second-order valence-corrected chi connectivity index (χ2v) is 4.23. The van der Waals surface area contributed by atoms with Crippen LogP contribution in [0.5, 0.6) is 0 Å². The van der Waals surface area contributed by atoms with Crippen LogP contribution < -0.4 is 10.6 Å². The molecule has 0 radical (unpaired) electrons. The van der Waals surface area contributed by atoms with Gasteiger partial charge in [0.1, 0.15) is 6.04 Å². The summed E-state index contributed by atoms with van der Waals surface area (Å²) in [5.74, 6) is 0.535. The smallest absolute Gasteiger partial charge is 0.251 e. The van der Waals surface area contributed by atoms with E-state index in [0.717, 1.165) is 11.1 Å². The van der Waals surface area contributed by atoms with Gasteiger partial charge in [0.15, 0.2) is 5.82 Å². The van der Waals surface area contributed by atoms with Crippen molar-refractivity contribution in [2.45, 2.75) is 13.0 Å². The second kappa shape index (κ2) is 4.10. The summed E-state index contributed by atoms with van der Waals surface area (Å²) in [4.78, 5) is 12.1. The number of amides is 1. The highest BCUT2D eigenvalue weighted by molar-refractivity contribution is 6.03. The van der Waals surface area contributed by atoms with Crippen LogP contribution in [0.2, 0.25) is 0 Å². The summed E-state index contributed by atoms with van der Waals surface area (Å²) in [6.45, 7) is 1.89. The summed E-state index contributed by atoms with van der Waals surface area (Å²) in [5, 5.41) is 13.9. The van der Waals surface area contributed by atoms with Gasteiger partial charge in [-0.3, -0.25) is 4.79 Å². The molecule has 2 heterocycles. The highest BCUT2D eigenvalue weighted by atomic mass is 16.2. The molecule has 1 aromatic heterocycles. The maximum atomic E-state index is 12.1. The fourth-order valence-electron chi connectivity index (χ4n) is 2.01. The Hall–Kier alpha value is -2.43. The Morgan fingerprint density at radius 1 is 1.22 bits per heavy atom. The van der Waals surface area contributed by atoms with Crippen LogP contribution in [0.1, 0.15) is 17.2 Å². The van der Waals surface area contributed by atoms with E-state index in [1.54, 1.807) is 6.20 Å². The summed E-state index contributed by atoms with van der Waals surface area (Å²) < 4.78 is 0. The number of aryl methyl sites for hydroxylation is 1. The van der Waals surface area contributed by atoms with Crippen molar-refractivity contribution < 1.29 is 4.79 Å². The van der Waals surface area contributed by atoms with Crippen LogP contribution >= 0.6 is 0 Å². The molecule has 1 aliphatic rings. The van der Waals surface area contributed by atoms with E-state index in [-0.39, 0.29) is 5.91 Å². The molecule has 1 amide bonds. The van der Waals surface area contributed by atoms with Gasteiger partial charge >= 0.3 is 0 Å². The molecule has 1 unspecified atom stereocenters. The average molecular weight is 240 g/mol. The number of nitrogens with zero attached hydrogens (tertiary/aromatic N) is 2. The number of fused-ring (bicyclic) bond motifs is 1. The lowest BCUT2D eigenvalue weighted by molar-refractivity contribution is -0.117. The van der Waals surface area contributed by atoms with E-state index in [1.165, 1.54) is 0 Å². The molecular formula is C13H12N4O. The van der Waals surface area contributed by atoms with E-state index in [4.69, 9.17) is 0 Å². The largest absolute Gasteiger partial charge is 0.352 e. The van der Waals surface area contributed by atoms with Crippen LogP contribution in [0.4, 0.5) is 11.5 Å². The van der Waals surface area contributed by atoms with Gasteiger partial charge < -0.3 is 10.6 Å². The number of carbonyl (C=O) groups is 1. The molecule has 0 spiro atoms. The molecule has 3 rings (SSSR count). The molecule has 2 N–H and O–H groups in total. The van der Waals surface area contributed by atoms with Crippen LogP contribution in [0.3, 0.4) is 0 Å². The van der Waals surface area contributed by atoms with Crippen LogP contribution in [0, 0.1) is 6.92 Å². The van der Waals surface area contributed by atoms with Crippen molar-refractivity contribution in [1.82, 2.24) is 10.2 Å². The van der Waals surface area contributed by atoms with Crippen molar-refractivity contribution >= 4 is 17.4 Å². The lowest BCUT2D eigenvalue weighted by Crippen LogP contribution is -2.33. The van der Waals surface area contributed by atoms with Crippen molar-refractivity contribution in [3.05, 3.63) is 47.7 Å². The highest BCUT2D eigenvalue weighted by Gasteiger charge is 2.28. The Morgan fingerprint density at radius 3 is 2.78 bits per heavy atom. The van der Waals surface area contributed by atoms with Gasteiger partial charge in [0.2, 0.25) is 0 Å². The summed E-state index contributed by atoms with van der Waals surface area (Å²) in [6.07, 6.45) is 1.63. The van der Waals surface area contributed by atoms with Gasteiger partial charge in [-0.1, -0.05) is 30.3 Å². The standard InChI is InChI=1S/C13H12N4O/c1-8-7-14-17-12-10(8)16-13(18)11(15-12)9-5-3-2-4-6-9/h2-7,11H,1H3,(H,15,17)(H,16,18). The van der Waals surface area contributed by atoms with E-state index in [9.17, 15) is 4.79 Å². The molecule has 18 heavy (non-hydrogen) atoms. The molecule has 0 fully saturated rings. The number of aromatic nitrogens is 2. The number of benzene rings is 1. The third kappa shape index (κ3) is 1.69. The third-order valence-electron chi connectivity index (χ3n) is 2.96. The zero-order valence-electron chi connectivity index (χ0n) is 9.84. The van der Waals surface area contributed by atoms with Gasteiger partial charge in [0.05, 0.1) is 11.9 Å². The quantitative estimate of drug-likeness (QED) is 0.798. The second-order valence-electron chi connectivity index (χ2n) is 4.23. The first-order valence-electron chi connectivity index (χ1n) is 5.70. The molecule has 0 saturated heterocycles. The number of anilines is 2. The Labute approximate surface area is 104 Å². The van der Waals surface area contributed by atoms with Gasteiger partial charge in [-0.25, -0.2) is 0 Å². The summed E-state index contributed by atoms with van der Waals surface area (Å²) in [6, 6.07) is 9.12. The number of hydrogen-bond acceptors (Lipinski definition) is 4. The van der Waals surface area contributed by atoms with E-state index < -0.39 is 6.04 Å². The van der Waals surface area contributed by atoms with Gasteiger partial charge in [-0.2, -0.15) is 5.10 Å². The van der Waals surface area contributed by atoms with Crippen molar-refractivity contribution in [2.24, 2.45) is 0 Å². The lowest BCUT2D eigenvalue weighted by atomic mass is 10.0. The van der Waals surface area contributed by atoms with Crippen LogP contribution in [0.25, 0.3) is 0 Å². The average Bonchev–Trinajstić information content (AvgIpc) is 2.40. The Bertz CT molecular complexity index is 597. The normalized spacial score (nSPS) is 17.6. The van der Waals surface area contributed by atoms with Gasteiger partial charge in [0, 0.05) is 0 Å². The molecule has 90 valence electrons. The van der Waals surface area contributed by atoms with Gasteiger partial charge in [0.25, 0.3) is 5.91 Å². The molecule has 0 bridgehead atoms. The van der Waals surface area contributed by atoms with Gasteiger partial charge in [-0.15, -0.1) is 5.10 Å². The minimum atomic E-state index is -0.421. The Kier molecular flexibility index (Phi) is 2.44. The molecule has 2 aromatic rings. The molecule has 5 nitrogen and oxygen atoms in total. The van der Waals surface area contributed by atoms with Crippen molar-refractivity contribution in [1.29, 1.82) is 0 Å². The summed E-state index contributed by atoms with van der Waals surface area (Å²) in [7, 11) is 0. The first kappa shape index (κ1) is 10.7. The molecular weight excluding hydrogens is 228 g/mol. The van der Waals surface area contributed by atoms with E-state index in [0.29, 0.717) is 11.5 Å². The minimum absolute atomic E-state index is 0.0789. The molecule has 0 aliphatic carbocycles. The van der Waals surface area contributed by atoms with Crippen LogP contribution in [0.15, 0.2) is 36.5 Å². The molecule has 0 saturated carbocycles. The maximum Gasteiger partial charge on any atom is 0.251 e. The third-order valence-corrected chi connectivity index (χ3v) is 2.96. The van der Waals surface area contributed by atoms with E-state index >= 15 is 0 Å². The molecule has 5 heteroatoms. The zero-order valence-corrected chi connectivity index (χ0v) is 9.84. The van der Waals surface area contributed by atoms with Crippen molar-refractivity contribution in [3.63, 3.8) is 0 Å². The minimum Gasteiger partial charge on any atom is -0.352 e. The summed E-state index contributed by atoms with van der Waals surface area (Å²) >= 11 is 0. The topological polar surface area (TPSA) is 66.9 Å². The fourth-order valence-corrected chi connectivity index (χ4v) is 2.01. The number of hydrogen-bond donors (Lipinski definition) is 2. The number of rotatable bonds is 1. The van der Waals surface area contributed by atoms with E-state index in [2.05, 4.69) is 20.8 Å². The summed E-state index contributed by atoms with van der Waals surface area (Å²) in [5.41, 5.74) is 2.51. The Morgan fingerprint density at radius 2 is 2.00 bits per heavy atom. The monoisotopic (exact) mass is 240 g/mol. The first-order valence-corrected chi connectivity index (χ1v) is 5.70. The molecule has 1 aromatic carbocycles. The van der Waals surface area contributed by atoms with Crippen LogP contribution in [-0.4, -0.2) is 16.1 Å². The molecule has 1 atom stereocenters. The predicted molar refractivity (Wildman–Crippen MR) is 68.2 cm³/mol. The Balaban J connectivity index is 2.00. The van der Waals surface area contributed by atoms with Gasteiger partial charge in [-0.05, 0) is 18.1 Å². The van der Waals surface area contributed by atoms with Crippen molar-refractivity contribution in [2.75, 3.05) is 10.6 Å². The SMILES string of the molecule is Cc1cnnc2c1NC(=O)C(c1ccccc1)N2. The molecule has 1 aliphatic heterocycles. The lowest BCUT2D eigenvalue weighted by Gasteiger charge is -2.26. The van der Waals surface area contributed by atoms with Crippen LogP contribution in [-0.2, 0) is 4.79 Å². The first-order chi connectivity index (χ1) is 8.75. The number of carbonyl (C=O) groups excluding carboxylic acids is 1. The highest BCUT2D eigenvalue weighted by Crippen LogP contribution is 2.31. The maximum absolute atomic E-state index is 12.1. The van der Waals surface area contributed by atoms with Crippen molar-refractivity contribution in [3.8, 4) is 0 Å². The predicted octanol–water partition coefficient (Wildman–Crippen LogP) is 1.89.